The number of nitrogens with one attached hydrogen (secondary N) is 1. The molecule has 3 aromatic rings. The first kappa shape index (κ1) is 19.2. The Kier molecular flexibility index (Phi) is 5.38. The van der Waals surface area contributed by atoms with E-state index in [1.807, 2.05) is 38.1 Å². The quantitative estimate of drug-likeness (QED) is 0.715. The molecule has 1 fully saturated rings. The third-order valence-corrected chi connectivity index (χ3v) is 5.68. The van der Waals surface area contributed by atoms with Gasteiger partial charge in [0.05, 0.1) is 18.4 Å². The van der Waals surface area contributed by atoms with Gasteiger partial charge < -0.3 is 19.4 Å². The number of benzene rings is 1. The number of fused-ring (bicyclic) bond motifs is 1. The Morgan fingerprint density at radius 3 is 2.97 bits per heavy atom. The normalized spacial score (nSPS) is 16.8. The maximum Gasteiger partial charge on any atom is 0.231 e. The van der Waals surface area contributed by atoms with Gasteiger partial charge in [0.2, 0.25) is 11.6 Å². The number of carbonyl (C=O) groups excluding carboxylic acids is 1. The molecule has 1 atom stereocenters. The maximum atomic E-state index is 12.9. The number of piperidine rings is 1. The highest BCUT2D eigenvalue weighted by Crippen LogP contribution is 2.32. The lowest BCUT2D eigenvalue weighted by Crippen LogP contribution is -2.43. The number of aryl methyl sites for hydroxylation is 2. The van der Waals surface area contributed by atoms with Gasteiger partial charge in [0.25, 0.3) is 0 Å². The van der Waals surface area contributed by atoms with E-state index < -0.39 is 0 Å². The molecule has 0 spiro atoms. The Balaban J connectivity index is 1.48. The van der Waals surface area contributed by atoms with Crippen LogP contribution in [-0.4, -0.2) is 36.1 Å². The summed E-state index contributed by atoms with van der Waals surface area (Å²) in [7, 11) is 1.64. The molecule has 0 unspecified atom stereocenters. The minimum Gasteiger partial charge on any atom is -0.496 e. The number of aromatic nitrogens is 2. The van der Waals surface area contributed by atoms with Gasteiger partial charge >= 0.3 is 0 Å². The highest BCUT2D eigenvalue weighted by Gasteiger charge is 2.28. The van der Waals surface area contributed by atoms with E-state index in [2.05, 4.69) is 20.2 Å². The van der Waals surface area contributed by atoms with E-state index in [1.54, 1.807) is 7.11 Å². The van der Waals surface area contributed by atoms with Crippen molar-refractivity contribution in [1.29, 1.82) is 0 Å². The topological polar surface area (TPSA) is 80.5 Å². The van der Waals surface area contributed by atoms with Crippen LogP contribution in [0.15, 0.2) is 35.0 Å². The second kappa shape index (κ2) is 8.11. The predicted molar refractivity (Wildman–Crippen MR) is 111 cm³/mol. The van der Waals surface area contributed by atoms with Gasteiger partial charge in [-0.3, -0.25) is 4.79 Å². The molecule has 7 nitrogen and oxygen atoms in total. The summed E-state index contributed by atoms with van der Waals surface area (Å²) in [6.07, 6.45) is 3.34. The molecule has 0 saturated carbocycles. The average Bonchev–Trinajstić information content (AvgIpc) is 3.06. The third kappa shape index (κ3) is 3.77. The number of carbonyl (C=O) groups is 1. The van der Waals surface area contributed by atoms with Crippen molar-refractivity contribution in [2.75, 3.05) is 25.1 Å². The van der Waals surface area contributed by atoms with Crippen LogP contribution in [0, 0.1) is 19.8 Å². The molecule has 29 heavy (non-hydrogen) atoms. The first-order chi connectivity index (χ1) is 14.1. The van der Waals surface area contributed by atoms with Crippen LogP contribution in [-0.2, 0) is 11.3 Å². The predicted octanol–water partition coefficient (Wildman–Crippen LogP) is 3.38. The van der Waals surface area contributed by atoms with E-state index in [4.69, 9.17) is 9.15 Å². The molecular formula is C22H26N4O3. The van der Waals surface area contributed by atoms with Crippen molar-refractivity contribution < 1.29 is 13.9 Å². The summed E-state index contributed by atoms with van der Waals surface area (Å²) in [6, 6.07) is 7.74. The van der Waals surface area contributed by atoms with Gasteiger partial charge in [-0.25, -0.2) is 9.97 Å². The number of para-hydroxylation sites is 1. The van der Waals surface area contributed by atoms with Crippen molar-refractivity contribution in [3.8, 4) is 5.75 Å². The Hall–Kier alpha value is -3.09. The number of furan rings is 1. The zero-order valence-electron chi connectivity index (χ0n) is 17.1. The minimum absolute atomic E-state index is 0.0611. The van der Waals surface area contributed by atoms with Crippen molar-refractivity contribution in [2.24, 2.45) is 5.92 Å². The van der Waals surface area contributed by atoms with E-state index in [-0.39, 0.29) is 11.8 Å². The lowest BCUT2D eigenvalue weighted by atomic mass is 9.96. The van der Waals surface area contributed by atoms with Crippen LogP contribution in [0.3, 0.4) is 0 Å². The summed E-state index contributed by atoms with van der Waals surface area (Å²) in [5.41, 5.74) is 2.63. The zero-order chi connectivity index (χ0) is 20.4. The van der Waals surface area contributed by atoms with Crippen LogP contribution < -0.4 is 15.0 Å². The molecule has 1 saturated heterocycles. The molecule has 0 aliphatic carbocycles. The van der Waals surface area contributed by atoms with Crippen LogP contribution >= 0.6 is 0 Å². The minimum atomic E-state index is -0.0863. The van der Waals surface area contributed by atoms with Crippen molar-refractivity contribution in [1.82, 2.24) is 15.3 Å². The highest BCUT2D eigenvalue weighted by molar-refractivity contribution is 5.90. The van der Waals surface area contributed by atoms with Crippen molar-refractivity contribution >= 4 is 22.8 Å². The molecule has 1 amide bonds. The summed E-state index contributed by atoms with van der Waals surface area (Å²) in [6.45, 7) is 5.91. The SMILES string of the molecule is COc1ccccc1CNC(=O)[C@H]1CCCN(c2ncnc3oc(C)c(C)c23)C1. The molecule has 1 N–H and O–H groups in total. The molecule has 3 heterocycles. The lowest BCUT2D eigenvalue weighted by Gasteiger charge is -2.33. The highest BCUT2D eigenvalue weighted by atomic mass is 16.5. The fraction of sp³-hybridized carbons (Fsp3) is 0.409. The van der Waals surface area contributed by atoms with Gasteiger partial charge in [0.15, 0.2) is 0 Å². The molecule has 1 aliphatic heterocycles. The summed E-state index contributed by atoms with van der Waals surface area (Å²) in [4.78, 5) is 23.8. The number of nitrogens with zero attached hydrogens (tertiary/aromatic N) is 3. The Labute approximate surface area is 170 Å². The molecule has 1 aromatic carbocycles. The Bertz CT molecular complexity index is 1030. The maximum absolute atomic E-state index is 12.9. The molecule has 0 radical (unpaired) electrons. The molecule has 2 aromatic heterocycles. The van der Waals surface area contributed by atoms with Gasteiger partial charge in [-0.2, -0.15) is 0 Å². The Morgan fingerprint density at radius 2 is 2.14 bits per heavy atom. The zero-order valence-corrected chi connectivity index (χ0v) is 17.1. The Morgan fingerprint density at radius 1 is 1.31 bits per heavy atom. The second-order valence-electron chi connectivity index (χ2n) is 7.48. The summed E-state index contributed by atoms with van der Waals surface area (Å²) in [5.74, 6) is 2.46. The van der Waals surface area contributed by atoms with Crippen molar-refractivity contribution in [3.63, 3.8) is 0 Å². The molecule has 0 bridgehead atoms. The van der Waals surface area contributed by atoms with E-state index in [0.717, 1.165) is 53.2 Å². The van der Waals surface area contributed by atoms with E-state index in [0.29, 0.717) is 18.8 Å². The number of ether oxygens (including phenoxy) is 1. The fourth-order valence-electron chi connectivity index (χ4n) is 3.96. The number of hydrogen-bond donors (Lipinski definition) is 1. The van der Waals surface area contributed by atoms with Crippen LogP contribution in [0.4, 0.5) is 5.82 Å². The fourth-order valence-corrected chi connectivity index (χ4v) is 3.96. The molecular weight excluding hydrogens is 368 g/mol. The number of anilines is 1. The smallest absolute Gasteiger partial charge is 0.231 e. The monoisotopic (exact) mass is 394 g/mol. The molecule has 7 heteroatoms. The number of rotatable bonds is 5. The van der Waals surface area contributed by atoms with Crippen LogP contribution in [0.5, 0.6) is 5.75 Å². The van der Waals surface area contributed by atoms with E-state index in [1.165, 1.54) is 6.33 Å². The number of hydrogen-bond acceptors (Lipinski definition) is 6. The van der Waals surface area contributed by atoms with Gasteiger partial charge in [-0.15, -0.1) is 0 Å². The standard InChI is InChI=1S/C22H26N4O3/c1-14-15(2)29-22-19(14)20(24-13-25-22)26-10-6-8-17(12-26)21(27)23-11-16-7-4-5-9-18(16)28-3/h4-5,7,9,13,17H,6,8,10-12H2,1-3H3,(H,23,27)/t17-/m0/s1. The third-order valence-electron chi connectivity index (χ3n) is 5.68. The van der Waals surface area contributed by atoms with E-state index in [9.17, 15) is 4.79 Å². The van der Waals surface area contributed by atoms with Gasteiger partial charge in [-0.05, 0) is 32.8 Å². The molecule has 4 rings (SSSR count). The summed E-state index contributed by atoms with van der Waals surface area (Å²) >= 11 is 0. The van der Waals surface area contributed by atoms with Gasteiger partial charge in [0, 0.05) is 30.8 Å². The molecule has 1 aliphatic rings. The number of amides is 1. The average molecular weight is 394 g/mol. The largest absolute Gasteiger partial charge is 0.496 e. The first-order valence-electron chi connectivity index (χ1n) is 9.93. The van der Waals surface area contributed by atoms with E-state index >= 15 is 0 Å². The number of methoxy groups -OCH3 is 1. The van der Waals surface area contributed by atoms with Gasteiger partial charge in [0.1, 0.15) is 23.7 Å². The van der Waals surface area contributed by atoms with Crippen LogP contribution in [0.25, 0.3) is 11.1 Å². The lowest BCUT2D eigenvalue weighted by molar-refractivity contribution is -0.125. The van der Waals surface area contributed by atoms with Crippen molar-refractivity contribution in [3.05, 3.63) is 47.5 Å². The first-order valence-corrected chi connectivity index (χ1v) is 9.93. The molecule has 152 valence electrons. The summed E-state index contributed by atoms with van der Waals surface area (Å²) in [5, 5.41) is 4.02. The second-order valence-corrected chi connectivity index (χ2v) is 7.48. The van der Waals surface area contributed by atoms with Crippen molar-refractivity contribution in [2.45, 2.75) is 33.2 Å². The summed E-state index contributed by atoms with van der Waals surface area (Å²) < 4.78 is 11.1. The van der Waals surface area contributed by atoms with Crippen LogP contribution in [0.2, 0.25) is 0 Å². The van der Waals surface area contributed by atoms with Gasteiger partial charge in [-0.1, -0.05) is 18.2 Å². The van der Waals surface area contributed by atoms with Crippen LogP contribution in [0.1, 0.15) is 29.7 Å².